The van der Waals surface area contributed by atoms with Crippen LogP contribution in [-0.4, -0.2) is 31.0 Å². The summed E-state index contributed by atoms with van der Waals surface area (Å²) in [6.07, 6.45) is 1.55. The Balaban J connectivity index is 2.11. The van der Waals surface area contributed by atoms with Crippen molar-refractivity contribution in [3.05, 3.63) is 59.4 Å². The number of anilines is 1. The molecular weight excluding hydrogens is 282 g/mol. The third kappa shape index (κ3) is 3.60. The van der Waals surface area contributed by atoms with E-state index in [1.807, 2.05) is 24.1 Å². The van der Waals surface area contributed by atoms with Gasteiger partial charge >= 0.3 is 5.97 Å². The molecule has 0 atom stereocenters. The highest BCUT2D eigenvalue weighted by atomic mass is 16.5. The summed E-state index contributed by atoms with van der Waals surface area (Å²) in [4.78, 5) is 28.4. The molecule has 2 N–H and O–H groups in total. The van der Waals surface area contributed by atoms with Crippen molar-refractivity contribution in [2.24, 2.45) is 5.73 Å². The van der Waals surface area contributed by atoms with E-state index >= 15 is 0 Å². The van der Waals surface area contributed by atoms with Gasteiger partial charge in [0, 0.05) is 25.5 Å². The molecule has 0 spiro atoms. The first-order chi connectivity index (χ1) is 10.5. The number of nitrogens with two attached hydrogens (primary N) is 1. The molecule has 1 heterocycles. The predicted octanol–water partition coefficient (Wildman–Crippen LogP) is 1.60. The molecule has 0 radical (unpaired) electrons. The SMILES string of the molecule is COC(=O)c1ccc(CN(C)c2ccnc(C(N)=O)c2)cc1. The number of methoxy groups -OCH3 is 1. The summed E-state index contributed by atoms with van der Waals surface area (Å²) in [7, 11) is 3.25. The Hall–Kier alpha value is -2.89. The summed E-state index contributed by atoms with van der Waals surface area (Å²) in [5.74, 6) is -0.919. The number of hydrogen-bond donors (Lipinski definition) is 1. The Kier molecular flexibility index (Phi) is 4.73. The van der Waals surface area contributed by atoms with Crippen LogP contribution in [-0.2, 0) is 11.3 Å². The largest absolute Gasteiger partial charge is 0.465 e. The number of primary amides is 1. The fourth-order valence-electron chi connectivity index (χ4n) is 2.02. The van der Waals surface area contributed by atoms with Gasteiger partial charge in [-0.1, -0.05) is 12.1 Å². The molecule has 114 valence electrons. The van der Waals surface area contributed by atoms with Crippen molar-refractivity contribution < 1.29 is 14.3 Å². The van der Waals surface area contributed by atoms with Gasteiger partial charge in [0.25, 0.3) is 5.91 Å². The molecular formula is C16H17N3O3. The summed E-state index contributed by atoms with van der Waals surface area (Å²) in [6.45, 7) is 0.615. The number of amides is 1. The molecule has 0 unspecified atom stereocenters. The fourth-order valence-corrected chi connectivity index (χ4v) is 2.02. The number of hydrogen-bond acceptors (Lipinski definition) is 5. The molecule has 0 aliphatic heterocycles. The van der Waals surface area contributed by atoms with E-state index in [1.165, 1.54) is 7.11 Å². The minimum atomic E-state index is -0.558. The molecule has 0 aliphatic rings. The van der Waals surface area contributed by atoms with E-state index in [0.29, 0.717) is 12.1 Å². The average molecular weight is 299 g/mol. The smallest absolute Gasteiger partial charge is 0.337 e. The van der Waals surface area contributed by atoms with Crippen molar-refractivity contribution >= 4 is 17.6 Å². The van der Waals surface area contributed by atoms with Gasteiger partial charge in [0.05, 0.1) is 12.7 Å². The number of carbonyl (C=O) groups excluding carboxylic acids is 2. The zero-order valence-corrected chi connectivity index (χ0v) is 12.4. The van der Waals surface area contributed by atoms with E-state index in [9.17, 15) is 9.59 Å². The molecule has 6 nitrogen and oxygen atoms in total. The summed E-state index contributed by atoms with van der Waals surface area (Å²) in [6, 6.07) is 10.6. The third-order valence-electron chi connectivity index (χ3n) is 3.23. The maximum atomic E-state index is 11.4. The van der Waals surface area contributed by atoms with Crippen LogP contribution < -0.4 is 10.6 Å². The van der Waals surface area contributed by atoms with Gasteiger partial charge in [0.2, 0.25) is 0 Å². The molecule has 0 aliphatic carbocycles. The Bertz CT molecular complexity index is 683. The van der Waals surface area contributed by atoms with Crippen LogP contribution in [0.15, 0.2) is 42.6 Å². The maximum Gasteiger partial charge on any atom is 0.337 e. The number of benzene rings is 1. The summed E-state index contributed by atoms with van der Waals surface area (Å²) in [5.41, 5.74) is 7.82. The quantitative estimate of drug-likeness (QED) is 0.848. The number of nitrogens with zero attached hydrogens (tertiary/aromatic N) is 2. The van der Waals surface area contributed by atoms with Crippen LogP contribution in [0.4, 0.5) is 5.69 Å². The summed E-state index contributed by atoms with van der Waals surface area (Å²) in [5, 5.41) is 0. The van der Waals surface area contributed by atoms with Gasteiger partial charge in [-0.05, 0) is 29.8 Å². The van der Waals surface area contributed by atoms with Gasteiger partial charge in [-0.25, -0.2) is 4.79 Å². The van der Waals surface area contributed by atoms with Crippen molar-refractivity contribution in [3.63, 3.8) is 0 Å². The highest BCUT2D eigenvalue weighted by molar-refractivity contribution is 5.91. The number of carbonyl (C=O) groups is 2. The van der Waals surface area contributed by atoms with Crippen molar-refractivity contribution in [2.75, 3.05) is 19.1 Å². The molecule has 1 amide bonds. The number of pyridine rings is 1. The molecule has 2 rings (SSSR count). The van der Waals surface area contributed by atoms with Crippen LogP contribution in [0.5, 0.6) is 0 Å². The minimum absolute atomic E-state index is 0.227. The predicted molar refractivity (Wildman–Crippen MR) is 82.6 cm³/mol. The van der Waals surface area contributed by atoms with Gasteiger partial charge in [0.1, 0.15) is 5.69 Å². The normalized spacial score (nSPS) is 10.1. The molecule has 0 saturated carbocycles. The van der Waals surface area contributed by atoms with E-state index in [1.54, 1.807) is 30.5 Å². The number of rotatable bonds is 5. The van der Waals surface area contributed by atoms with Gasteiger partial charge < -0.3 is 15.4 Å². The van der Waals surface area contributed by atoms with Crippen LogP contribution >= 0.6 is 0 Å². The van der Waals surface area contributed by atoms with Crippen molar-refractivity contribution in [3.8, 4) is 0 Å². The van der Waals surface area contributed by atoms with Crippen molar-refractivity contribution in [1.29, 1.82) is 0 Å². The second-order valence-electron chi connectivity index (χ2n) is 4.81. The maximum absolute atomic E-state index is 11.4. The first-order valence-electron chi connectivity index (χ1n) is 6.65. The number of ether oxygens (including phenoxy) is 1. The zero-order chi connectivity index (χ0) is 16.1. The Morgan fingerprint density at radius 1 is 1.23 bits per heavy atom. The van der Waals surface area contributed by atoms with Crippen LogP contribution in [0.3, 0.4) is 0 Å². The minimum Gasteiger partial charge on any atom is -0.465 e. The molecule has 2 aromatic rings. The molecule has 0 bridgehead atoms. The summed E-state index contributed by atoms with van der Waals surface area (Å²) >= 11 is 0. The third-order valence-corrected chi connectivity index (χ3v) is 3.23. The van der Waals surface area contributed by atoms with Crippen LogP contribution in [0.2, 0.25) is 0 Å². The molecule has 0 fully saturated rings. The summed E-state index contributed by atoms with van der Waals surface area (Å²) < 4.78 is 4.66. The molecule has 22 heavy (non-hydrogen) atoms. The molecule has 1 aromatic carbocycles. The second-order valence-corrected chi connectivity index (χ2v) is 4.81. The standard InChI is InChI=1S/C16H17N3O3/c1-19(13-7-8-18-14(9-13)15(17)20)10-11-3-5-12(6-4-11)16(21)22-2/h3-9H,10H2,1-2H3,(H2,17,20). The lowest BCUT2D eigenvalue weighted by Crippen LogP contribution is -2.19. The van der Waals surface area contributed by atoms with E-state index < -0.39 is 5.91 Å². The van der Waals surface area contributed by atoms with Crippen LogP contribution in [0, 0.1) is 0 Å². The Morgan fingerprint density at radius 2 is 1.91 bits per heavy atom. The van der Waals surface area contributed by atoms with Gasteiger partial charge in [-0.15, -0.1) is 0 Å². The van der Waals surface area contributed by atoms with E-state index in [2.05, 4.69) is 9.72 Å². The highest BCUT2D eigenvalue weighted by Crippen LogP contribution is 2.16. The monoisotopic (exact) mass is 299 g/mol. The zero-order valence-electron chi connectivity index (χ0n) is 12.4. The van der Waals surface area contributed by atoms with Gasteiger partial charge in [-0.2, -0.15) is 0 Å². The lowest BCUT2D eigenvalue weighted by molar-refractivity contribution is 0.0600. The van der Waals surface area contributed by atoms with Crippen molar-refractivity contribution in [2.45, 2.75) is 6.54 Å². The highest BCUT2D eigenvalue weighted by Gasteiger charge is 2.08. The van der Waals surface area contributed by atoms with Gasteiger partial charge in [-0.3, -0.25) is 9.78 Å². The molecule has 6 heteroatoms. The van der Waals surface area contributed by atoms with Crippen molar-refractivity contribution in [1.82, 2.24) is 4.98 Å². The Morgan fingerprint density at radius 3 is 2.50 bits per heavy atom. The molecule has 0 saturated heterocycles. The second kappa shape index (κ2) is 6.71. The first-order valence-corrected chi connectivity index (χ1v) is 6.65. The topological polar surface area (TPSA) is 85.5 Å². The van der Waals surface area contributed by atoms with Crippen LogP contribution in [0.1, 0.15) is 26.4 Å². The lowest BCUT2D eigenvalue weighted by Gasteiger charge is -2.19. The number of aromatic nitrogens is 1. The van der Waals surface area contributed by atoms with E-state index in [-0.39, 0.29) is 11.7 Å². The van der Waals surface area contributed by atoms with Gasteiger partial charge in [0.15, 0.2) is 0 Å². The fraction of sp³-hybridized carbons (Fsp3) is 0.188. The number of esters is 1. The first kappa shape index (κ1) is 15.5. The molecule has 1 aromatic heterocycles. The lowest BCUT2D eigenvalue weighted by atomic mass is 10.1. The van der Waals surface area contributed by atoms with E-state index in [4.69, 9.17) is 5.73 Å². The Labute approximate surface area is 128 Å². The van der Waals surface area contributed by atoms with Crippen LogP contribution in [0.25, 0.3) is 0 Å². The average Bonchev–Trinajstić information content (AvgIpc) is 2.54. The van der Waals surface area contributed by atoms with E-state index in [0.717, 1.165) is 11.3 Å².